The number of carbonyl (C=O) groups is 1. The van der Waals surface area contributed by atoms with Crippen molar-refractivity contribution in [2.24, 2.45) is 10.1 Å². The summed E-state index contributed by atoms with van der Waals surface area (Å²) in [7, 11) is 0. The van der Waals surface area contributed by atoms with Crippen LogP contribution in [0.1, 0.15) is 16.7 Å². The third-order valence-corrected chi connectivity index (χ3v) is 7.53. The number of aliphatic imine (C=N–C) groups is 1. The van der Waals surface area contributed by atoms with E-state index in [2.05, 4.69) is 14.8 Å². The Kier molecular flexibility index (Phi) is 6.74. The molecule has 1 amide bonds. The van der Waals surface area contributed by atoms with E-state index in [0.29, 0.717) is 10.9 Å². The molecule has 1 saturated heterocycles. The highest BCUT2D eigenvalue weighted by atomic mass is 32.2. The third-order valence-electron chi connectivity index (χ3n) is 6.62. The van der Waals surface area contributed by atoms with E-state index in [1.54, 1.807) is 29.2 Å². The highest BCUT2D eigenvalue weighted by Crippen LogP contribution is 2.30. The second-order valence-corrected chi connectivity index (χ2v) is 10.4. The Hall–Kier alpha value is -4.64. The number of halogens is 3. The standard InChI is InChI=1S/C30H22F3N5O2S/c1-18-4-3-5-19(2)27(18)36-29-38(26(39)16-41-29)35-15-20-6-12-24-21(14-20)7-13-25-28(24)34-17-37(25)22-8-10-23(11-9-22)40-30(31,32)33/h3-15,17H,16H2,1-2H3/b35-15+,36-29+. The van der Waals surface area contributed by atoms with Gasteiger partial charge in [-0.05, 0) is 72.3 Å². The number of para-hydroxylation sites is 1. The molecule has 0 N–H and O–H groups in total. The molecule has 0 aliphatic carbocycles. The van der Waals surface area contributed by atoms with Crippen LogP contribution in [0.5, 0.6) is 5.75 Å². The van der Waals surface area contributed by atoms with Gasteiger partial charge in [0.25, 0.3) is 5.91 Å². The van der Waals surface area contributed by atoms with Crippen LogP contribution in [0.25, 0.3) is 27.5 Å². The Morgan fingerprint density at radius 2 is 1.76 bits per heavy atom. The van der Waals surface area contributed by atoms with Crippen molar-refractivity contribution < 1.29 is 22.7 Å². The van der Waals surface area contributed by atoms with E-state index in [1.807, 2.05) is 62.4 Å². The molecule has 1 aliphatic rings. The fourth-order valence-electron chi connectivity index (χ4n) is 4.67. The molecule has 0 radical (unpaired) electrons. The second kappa shape index (κ2) is 10.4. The first-order chi connectivity index (χ1) is 19.7. The highest BCUT2D eigenvalue weighted by molar-refractivity contribution is 8.15. The van der Waals surface area contributed by atoms with E-state index in [-0.39, 0.29) is 17.4 Å². The number of thioether (sulfide) groups is 1. The Bertz CT molecular complexity index is 1840. The molecule has 0 spiro atoms. The summed E-state index contributed by atoms with van der Waals surface area (Å²) in [5.74, 6) is -0.150. The summed E-state index contributed by atoms with van der Waals surface area (Å²) in [4.78, 5) is 21.9. The van der Waals surface area contributed by atoms with Crippen LogP contribution < -0.4 is 4.74 Å². The molecule has 7 nitrogen and oxygen atoms in total. The number of ether oxygens (including phenoxy) is 1. The predicted octanol–water partition coefficient (Wildman–Crippen LogP) is 7.29. The van der Waals surface area contributed by atoms with Gasteiger partial charge in [-0.2, -0.15) is 10.1 Å². The summed E-state index contributed by atoms with van der Waals surface area (Å²) < 4.78 is 43.3. The first-order valence-electron chi connectivity index (χ1n) is 12.6. The number of amides is 1. The number of rotatable bonds is 5. The minimum atomic E-state index is -4.75. The van der Waals surface area contributed by atoms with Crippen molar-refractivity contribution in [3.8, 4) is 11.4 Å². The largest absolute Gasteiger partial charge is 0.573 e. The van der Waals surface area contributed by atoms with Gasteiger partial charge in [0.15, 0.2) is 5.17 Å². The highest BCUT2D eigenvalue weighted by Gasteiger charge is 2.31. The zero-order chi connectivity index (χ0) is 28.7. The summed E-state index contributed by atoms with van der Waals surface area (Å²) in [6.07, 6.45) is -1.48. The van der Waals surface area contributed by atoms with Crippen molar-refractivity contribution in [1.29, 1.82) is 0 Å². The summed E-state index contributed by atoms with van der Waals surface area (Å²) in [5, 5.41) is 8.17. The van der Waals surface area contributed by atoms with Gasteiger partial charge < -0.3 is 4.74 Å². The first-order valence-corrected chi connectivity index (χ1v) is 13.6. The maximum atomic E-state index is 12.6. The molecular formula is C30H22F3N5O2S. The van der Waals surface area contributed by atoms with E-state index < -0.39 is 6.36 Å². The van der Waals surface area contributed by atoms with Crippen LogP contribution in [0.4, 0.5) is 18.9 Å². The van der Waals surface area contributed by atoms with Gasteiger partial charge in [-0.3, -0.25) is 9.36 Å². The molecule has 0 bridgehead atoms. The zero-order valence-corrected chi connectivity index (χ0v) is 22.7. The van der Waals surface area contributed by atoms with Crippen LogP contribution in [0.15, 0.2) is 89.2 Å². The number of hydrogen-bond acceptors (Lipinski definition) is 6. The second-order valence-electron chi connectivity index (χ2n) is 9.44. The van der Waals surface area contributed by atoms with Gasteiger partial charge in [0.2, 0.25) is 0 Å². The van der Waals surface area contributed by atoms with Gasteiger partial charge in [0.05, 0.1) is 28.7 Å². The number of carbonyl (C=O) groups excluding carboxylic acids is 1. The molecule has 1 aliphatic heterocycles. The molecule has 0 atom stereocenters. The first kappa shape index (κ1) is 26.6. The summed E-state index contributed by atoms with van der Waals surface area (Å²) in [5.41, 5.74) is 5.88. The van der Waals surface area contributed by atoms with E-state index in [1.165, 1.54) is 28.9 Å². The SMILES string of the molecule is Cc1cccc(C)c1/N=C1/SCC(=O)N1/N=C/c1ccc2c(ccc3c2ncn3-c2ccc(OC(F)(F)F)cc2)c1. The summed E-state index contributed by atoms with van der Waals surface area (Å²) >= 11 is 1.36. The lowest BCUT2D eigenvalue weighted by atomic mass is 10.1. The molecule has 5 aromatic rings. The fraction of sp³-hybridized carbons (Fsp3) is 0.133. The fourth-order valence-corrected chi connectivity index (χ4v) is 5.48. The monoisotopic (exact) mass is 573 g/mol. The molecule has 11 heteroatoms. The third kappa shape index (κ3) is 5.40. The number of nitrogens with zero attached hydrogens (tertiary/aromatic N) is 5. The number of alkyl halides is 3. The minimum absolute atomic E-state index is 0.137. The van der Waals surface area contributed by atoms with Crippen LogP contribution in [-0.4, -0.2) is 44.0 Å². The molecule has 41 heavy (non-hydrogen) atoms. The molecule has 6 rings (SSSR count). The Balaban J connectivity index is 1.27. The molecule has 0 unspecified atom stereocenters. The van der Waals surface area contributed by atoms with Gasteiger partial charge >= 0.3 is 6.36 Å². The van der Waals surface area contributed by atoms with Crippen molar-refractivity contribution in [1.82, 2.24) is 14.6 Å². The summed E-state index contributed by atoms with van der Waals surface area (Å²) in [6.45, 7) is 3.97. The number of aromatic nitrogens is 2. The van der Waals surface area contributed by atoms with Gasteiger partial charge in [0, 0.05) is 11.1 Å². The molecule has 1 aromatic heterocycles. The Morgan fingerprint density at radius 3 is 2.49 bits per heavy atom. The Labute approximate surface area is 237 Å². The quantitative estimate of drug-likeness (QED) is 0.207. The van der Waals surface area contributed by atoms with E-state index in [4.69, 9.17) is 4.99 Å². The summed E-state index contributed by atoms with van der Waals surface area (Å²) in [6, 6.07) is 21.2. The van der Waals surface area contributed by atoms with Crippen LogP contribution in [0.3, 0.4) is 0 Å². The van der Waals surface area contributed by atoms with Crippen molar-refractivity contribution in [3.63, 3.8) is 0 Å². The van der Waals surface area contributed by atoms with E-state index in [0.717, 1.165) is 44.2 Å². The number of aryl methyl sites for hydroxylation is 2. The lowest BCUT2D eigenvalue weighted by Gasteiger charge is -2.11. The van der Waals surface area contributed by atoms with Gasteiger partial charge in [-0.15, -0.1) is 13.2 Å². The van der Waals surface area contributed by atoms with E-state index >= 15 is 0 Å². The molecule has 0 saturated carbocycles. The molecular weight excluding hydrogens is 551 g/mol. The van der Waals surface area contributed by atoms with Crippen molar-refractivity contribution >= 4 is 56.5 Å². The van der Waals surface area contributed by atoms with Gasteiger partial charge in [-0.25, -0.2) is 9.98 Å². The lowest BCUT2D eigenvalue weighted by Crippen LogP contribution is -2.23. The zero-order valence-electron chi connectivity index (χ0n) is 21.9. The number of fused-ring (bicyclic) bond motifs is 3. The number of benzene rings is 4. The smallest absolute Gasteiger partial charge is 0.406 e. The number of hydrazone groups is 1. The maximum absolute atomic E-state index is 12.6. The van der Waals surface area contributed by atoms with Gasteiger partial charge in [0.1, 0.15) is 12.1 Å². The molecule has 2 heterocycles. The minimum Gasteiger partial charge on any atom is -0.406 e. The van der Waals surface area contributed by atoms with Gasteiger partial charge in [-0.1, -0.05) is 48.2 Å². The Morgan fingerprint density at radius 1 is 1.00 bits per heavy atom. The van der Waals surface area contributed by atoms with Crippen molar-refractivity contribution in [2.45, 2.75) is 20.2 Å². The average Bonchev–Trinajstić information content (AvgIpc) is 3.52. The van der Waals surface area contributed by atoms with Crippen LogP contribution in [0, 0.1) is 13.8 Å². The lowest BCUT2D eigenvalue weighted by molar-refractivity contribution is -0.274. The van der Waals surface area contributed by atoms with Crippen molar-refractivity contribution in [2.75, 3.05) is 5.75 Å². The topological polar surface area (TPSA) is 72.1 Å². The molecule has 206 valence electrons. The predicted molar refractivity (Wildman–Crippen MR) is 155 cm³/mol. The molecule has 1 fully saturated rings. The number of hydrogen-bond donors (Lipinski definition) is 0. The maximum Gasteiger partial charge on any atom is 0.573 e. The van der Waals surface area contributed by atoms with Crippen LogP contribution >= 0.6 is 11.8 Å². The number of amidine groups is 1. The number of imidazole rings is 1. The normalized spacial score (nSPS) is 15.2. The molecule has 4 aromatic carbocycles. The van der Waals surface area contributed by atoms with Crippen LogP contribution in [0.2, 0.25) is 0 Å². The van der Waals surface area contributed by atoms with E-state index in [9.17, 15) is 18.0 Å². The van der Waals surface area contributed by atoms with Crippen molar-refractivity contribution in [3.05, 3.63) is 95.8 Å². The average molecular weight is 574 g/mol. The van der Waals surface area contributed by atoms with Crippen LogP contribution in [-0.2, 0) is 4.79 Å².